The number of carbonyl (C=O) groups excluding carboxylic acids is 1. The van der Waals surface area contributed by atoms with Gasteiger partial charge in [0.2, 0.25) is 0 Å². The summed E-state index contributed by atoms with van der Waals surface area (Å²) in [7, 11) is 1.67. The van der Waals surface area contributed by atoms with Crippen molar-refractivity contribution in [3.05, 3.63) is 89.7 Å². The number of methoxy groups -OCH3 is 1. The number of carbonyl (C=O) groups is 1. The van der Waals surface area contributed by atoms with Gasteiger partial charge in [-0.2, -0.15) is 0 Å². The molecule has 1 amide bonds. The number of rotatable bonds is 6. The molecule has 1 N–H and O–H groups in total. The number of halogens is 1. The highest BCUT2D eigenvalue weighted by atomic mass is 19.1. The number of amides is 1. The molecule has 1 unspecified atom stereocenters. The van der Waals surface area contributed by atoms with E-state index in [0.29, 0.717) is 0 Å². The van der Waals surface area contributed by atoms with Crippen molar-refractivity contribution >= 4 is 5.91 Å². The Morgan fingerprint density at radius 2 is 1.87 bits per heavy atom. The zero-order valence-corrected chi connectivity index (χ0v) is 17.7. The molecule has 31 heavy (non-hydrogen) atoms. The van der Waals surface area contributed by atoms with Gasteiger partial charge in [-0.15, -0.1) is 0 Å². The third-order valence-electron chi connectivity index (χ3n) is 5.72. The first-order valence-corrected chi connectivity index (χ1v) is 10.6. The number of nitrogens with one attached hydrogen (secondary N) is 1. The van der Waals surface area contributed by atoms with E-state index < -0.39 is 5.82 Å². The number of likely N-dealkylation sites (tertiary alicyclic amines) is 1. The van der Waals surface area contributed by atoms with E-state index in [2.05, 4.69) is 40.5 Å². The monoisotopic (exact) mass is 418 g/mol. The minimum Gasteiger partial charge on any atom is -0.497 e. The van der Waals surface area contributed by atoms with Crippen molar-refractivity contribution < 1.29 is 13.9 Å². The molecule has 5 heteroatoms. The number of hydrogen-bond donors (Lipinski definition) is 1. The summed E-state index contributed by atoms with van der Waals surface area (Å²) in [6, 6.07) is 22.7. The second-order valence-corrected chi connectivity index (χ2v) is 7.96. The Hall–Kier alpha value is -3.18. The molecule has 0 radical (unpaired) electrons. The molecule has 0 saturated carbocycles. The summed E-state index contributed by atoms with van der Waals surface area (Å²) in [5.41, 5.74) is 3.61. The van der Waals surface area contributed by atoms with Crippen LogP contribution in [0.3, 0.4) is 0 Å². The van der Waals surface area contributed by atoms with Crippen LogP contribution in [0.25, 0.3) is 11.1 Å². The summed E-state index contributed by atoms with van der Waals surface area (Å²) in [4.78, 5) is 14.8. The number of nitrogens with zero attached hydrogens (tertiary/aromatic N) is 1. The molecule has 0 bridgehead atoms. The Bertz CT molecular complexity index is 1040. The van der Waals surface area contributed by atoms with Crippen molar-refractivity contribution in [2.45, 2.75) is 25.4 Å². The Balaban J connectivity index is 1.36. The van der Waals surface area contributed by atoms with Gasteiger partial charge in [0.25, 0.3) is 5.91 Å². The van der Waals surface area contributed by atoms with Crippen LogP contribution >= 0.6 is 0 Å². The molecule has 3 aromatic rings. The SMILES string of the molecule is COc1cccc(-c2ccc(CN3CCCC(NC(=O)c4ccccc4F)C3)cc2)c1. The predicted octanol–water partition coefficient (Wildman–Crippen LogP) is 4.90. The highest BCUT2D eigenvalue weighted by Gasteiger charge is 2.23. The normalized spacial score (nSPS) is 16.6. The highest BCUT2D eigenvalue weighted by molar-refractivity contribution is 5.94. The summed E-state index contributed by atoms with van der Waals surface area (Å²) in [5.74, 6) is 0.0229. The van der Waals surface area contributed by atoms with Gasteiger partial charge >= 0.3 is 0 Å². The van der Waals surface area contributed by atoms with Crippen LogP contribution in [0.2, 0.25) is 0 Å². The minimum atomic E-state index is -0.483. The van der Waals surface area contributed by atoms with Crippen LogP contribution in [0.1, 0.15) is 28.8 Å². The maximum Gasteiger partial charge on any atom is 0.254 e. The van der Waals surface area contributed by atoms with Gasteiger partial charge in [-0.25, -0.2) is 4.39 Å². The molecule has 4 rings (SSSR count). The van der Waals surface area contributed by atoms with Crippen molar-refractivity contribution in [1.82, 2.24) is 10.2 Å². The zero-order chi connectivity index (χ0) is 21.6. The van der Waals surface area contributed by atoms with Gasteiger partial charge in [-0.1, -0.05) is 48.5 Å². The molecule has 0 aliphatic carbocycles. The summed E-state index contributed by atoms with van der Waals surface area (Å²) in [6.07, 6.45) is 1.91. The minimum absolute atomic E-state index is 0.0249. The molecule has 1 atom stereocenters. The first kappa shape index (κ1) is 21.1. The number of hydrogen-bond acceptors (Lipinski definition) is 3. The van der Waals surface area contributed by atoms with Crippen LogP contribution in [0.4, 0.5) is 4.39 Å². The maximum atomic E-state index is 13.9. The topological polar surface area (TPSA) is 41.6 Å². The molecule has 0 spiro atoms. The lowest BCUT2D eigenvalue weighted by molar-refractivity contribution is 0.0896. The quantitative estimate of drug-likeness (QED) is 0.619. The van der Waals surface area contributed by atoms with E-state index in [1.165, 1.54) is 17.7 Å². The van der Waals surface area contributed by atoms with Crippen molar-refractivity contribution in [1.29, 1.82) is 0 Å². The molecule has 1 aliphatic rings. The average molecular weight is 419 g/mol. The van der Waals surface area contributed by atoms with Gasteiger partial charge < -0.3 is 10.1 Å². The summed E-state index contributed by atoms with van der Waals surface area (Å²) in [6.45, 7) is 2.58. The van der Waals surface area contributed by atoms with Crippen LogP contribution in [-0.2, 0) is 6.54 Å². The second kappa shape index (κ2) is 9.75. The lowest BCUT2D eigenvalue weighted by atomic mass is 10.0. The van der Waals surface area contributed by atoms with Crippen molar-refractivity contribution in [3.8, 4) is 16.9 Å². The fourth-order valence-electron chi connectivity index (χ4n) is 4.09. The lowest BCUT2D eigenvalue weighted by Crippen LogP contribution is -2.47. The van der Waals surface area contributed by atoms with E-state index in [-0.39, 0.29) is 17.5 Å². The molecule has 1 aliphatic heterocycles. The van der Waals surface area contributed by atoms with Gasteiger partial charge in [0.05, 0.1) is 12.7 Å². The molecule has 1 saturated heterocycles. The van der Waals surface area contributed by atoms with Crippen molar-refractivity contribution in [2.24, 2.45) is 0 Å². The third-order valence-corrected chi connectivity index (χ3v) is 5.72. The molecule has 1 heterocycles. The molecule has 3 aromatic carbocycles. The highest BCUT2D eigenvalue weighted by Crippen LogP contribution is 2.24. The van der Waals surface area contributed by atoms with E-state index >= 15 is 0 Å². The van der Waals surface area contributed by atoms with Crippen LogP contribution in [-0.4, -0.2) is 37.0 Å². The molecular weight excluding hydrogens is 391 g/mol. The summed E-state index contributed by atoms with van der Waals surface area (Å²) in [5, 5.41) is 3.00. The molecular formula is C26H27FN2O2. The first-order chi connectivity index (χ1) is 15.1. The largest absolute Gasteiger partial charge is 0.497 e. The Morgan fingerprint density at radius 1 is 1.06 bits per heavy atom. The molecule has 4 nitrogen and oxygen atoms in total. The van der Waals surface area contributed by atoms with E-state index in [4.69, 9.17) is 4.74 Å². The third kappa shape index (κ3) is 5.30. The Labute approximate surface area is 182 Å². The van der Waals surface area contributed by atoms with E-state index in [9.17, 15) is 9.18 Å². The van der Waals surface area contributed by atoms with Crippen LogP contribution in [0.15, 0.2) is 72.8 Å². The maximum absolute atomic E-state index is 13.9. The second-order valence-electron chi connectivity index (χ2n) is 7.96. The van der Waals surface area contributed by atoms with Crippen molar-refractivity contribution in [2.75, 3.05) is 20.2 Å². The van der Waals surface area contributed by atoms with Crippen LogP contribution in [0.5, 0.6) is 5.75 Å². The molecule has 1 fully saturated rings. The van der Waals surface area contributed by atoms with Gasteiger partial charge in [-0.05, 0) is 60.3 Å². The molecule has 0 aromatic heterocycles. The smallest absolute Gasteiger partial charge is 0.254 e. The zero-order valence-electron chi connectivity index (χ0n) is 17.7. The number of benzene rings is 3. The summed E-state index contributed by atoms with van der Waals surface area (Å²) >= 11 is 0. The van der Waals surface area contributed by atoms with Gasteiger partial charge in [0.15, 0.2) is 0 Å². The fraction of sp³-hybridized carbons (Fsp3) is 0.269. The van der Waals surface area contributed by atoms with Gasteiger partial charge in [0, 0.05) is 19.1 Å². The average Bonchev–Trinajstić information content (AvgIpc) is 2.80. The van der Waals surface area contributed by atoms with Crippen molar-refractivity contribution in [3.63, 3.8) is 0 Å². The number of ether oxygens (including phenoxy) is 1. The Kier molecular flexibility index (Phi) is 6.63. The summed E-state index contributed by atoms with van der Waals surface area (Å²) < 4.78 is 19.2. The van der Waals surface area contributed by atoms with Crippen LogP contribution in [0, 0.1) is 5.82 Å². The fourth-order valence-corrected chi connectivity index (χ4v) is 4.09. The standard InChI is InChI=1S/C26H27FN2O2/c1-31-23-8-4-6-21(16-23)20-13-11-19(12-14-20)17-29-15-5-7-22(18-29)28-26(30)24-9-2-3-10-25(24)27/h2-4,6,8-14,16,22H,5,7,15,17-18H2,1H3,(H,28,30). The lowest BCUT2D eigenvalue weighted by Gasteiger charge is -2.33. The van der Waals surface area contributed by atoms with E-state index in [1.54, 1.807) is 19.2 Å². The molecule has 160 valence electrons. The van der Waals surface area contributed by atoms with E-state index in [1.807, 2.05) is 18.2 Å². The van der Waals surface area contributed by atoms with Gasteiger partial charge in [0.1, 0.15) is 11.6 Å². The predicted molar refractivity (Wildman–Crippen MR) is 121 cm³/mol. The van der Waals surface area contributed by atoms with Crippen LogP contribution < -0.4 is 10.1 Å². The van der Waals surface area contributed by atoms with Gasteiger partial charge in [-0.3, -0.25) is 9.69 Å². The first-order valence-electron chi connectivity index (χ1n) is 10.6. The van der Waals surface area contributed by atoms with E-state index in [0.717, 1.165) is 49.4 Å². The number of piperidine rings is 1. The Morgan fingerprint density at radius 3 is 2.65 bits per heavy atom.